The lowest BCUT2D eigenvalue weighted by Crippen LogP contribution is -2.39. The fourth-order valence-corrected chi connectivity index (χ4v) is 3.21. The van der Waals surface area contributed by atoms with Gasteiger partial charge in [0.1, 0.15) is 11.9 Å². The Kier molecular flexibility index (Phi) is 4.10. The third kappa shape index (κ3) is 2.75. The van der Waals surface area contributed by atoms with Crippen LogP contribution in [0.15, 0.2) is 12.1 Å². The predicted molar refractivity (Wildman–Crippen MR) is 78.3 cm³/mol. The SMILES string of the molecule is COc1ccc(OC(C2CCC2)[C@H]2CCNC2)c(C)n1. The van der Waals surface area contributed by atoms with E-state index in [9.17, 15) is 0 Å². The van der Waals surface area contributed by atoms with Crippen LogP contribution in [0.2, 0.25) is 0 Å². The van der Waals surface area contributed by atoms with Crippen molar-refractivity contribution >= 4 is 0 Å². The molecule has 4 heteroatoms. The molecule has 1 unspecified atom stereocenters. The topological polar surface area (TPSA) is 43.4 Å². The van der Waals surface area contributed by atoms with E-state index in [1.165, 1.54) is 25.7 Å². The Bertz CT molecular complexity index is 454. The lowest BCUT2D eigenvalue weighted by Gasteiger charge is -2.37. The second kappa shape index (κ2) is 6.00. The highest BCUT2D eigenvalue weighted by molar-refractivity contribution is 5.31. The molecule has 1 N–H and O–H groups in total. The van der Waals surface area contributed by atoms with Crippen molar-refractivity contribution in [2.45, 2.75) is 38.7 Å². The summed E-state index contributed by atoms with van der Waals surface area (Å²) >= 11 is 0. The molecule has 0 aromatic carbocycles. The predicted octanol–water partition coefficient (Wildman–Crippen LogP) is 2.56. The first kappa shape index (κ1) is 13.7. The Balaban J connectivity index is 1.74. The zero-order valence-electron chi connectivity index (χ0n) is 12.4. The third-order valence-corrected chi connectivity index (χ3v) is 4.66. The first-order chi connectivity index (χ1) is 9.78. The Morgan fingerprint density at radius 2 is 2.10 bits per heavy atom. The zero-order valence-corrected chi connectivity index (χ0v) is 12.4. The van der Waals surface area contributed by atoms with E-state index in [4.69, 9.17) is 9.47 Å². The van der Waals surface area contributed by atoms with Crippen molar-refractivity contribution < 1.29 is 9.47 Å². The van der Waals surface area contributed by atoms with Gasteiger partial charge in [0.25, 0.3) is 0 Å². The van der Waals surface area contributed by atoms with Crippen LogP contribution >= 0.6 is 0 Å². The number of rotatable bonds is 5. The van der Waals surface area contributed by atoms with Crippen molar-refractivity contribution in [3.05, 3.63) is 17.8 Å². The molecule has 0 bridgehead atoms. The van der Waals surface area contributed by atoms with Crippen LogP contribution in [0, 0.1) is 18.8 Å². The smallest absolute Gasteiger partial charge is 0.213 e. The molecular weight excluding hydrogens is 252 g/mol. The number of pyridine rings is 1. The monoisotopic (exact) mass is 276 g/mol. The first-order valence-electron chi connectivity index (χ1n) is 7.67. The Labute approximate surface area is 120 Å². The summed E-state index contributed by atoms with van der Waals surface area (Å²) in [6, 6.07) is 3.88. The van der Waals surface area contributed by atoms with Crippen LogP contribution in [0.1, 0.15) is 31.4 Å². The number of hydrogen-bond acceptors (Lipinski definition) is 4. The molecule has 4 nitrogen and oxygen atoms in total. The molecule has 1 aromatic heterocycles. The largest absolute Gasteiger partial charge is 0.488 e. The van der Waals surface area contributed by atoms with Gasteiger partial charge in [-0.05, 0) is 44.7 Å². The van der Waals surface area contributed by atoms with E-state index < -0.39 is 0 Å². The molecule has 1 aromatic rings. The van der Waals surface area contributed by atoms with Crippen molar-refractivity contribution in [2.24, 2.45) is 11.8 Å². The Morgan fingerprint density at radius 3 is 2.65 bits per heavy atom. The van der Waals surface area contributed by atoms with Gasteiger partial charge in [0.2, 0.25) is 5.88 Å². The van der Waals surface area contributed by atoms with Gasteiger partial charge < -0.3 is 14.8 Å². The molecule has 20 heavy (non-hydrogen) atoms. The quantitative estimate of drug-likeness (QED) is 0.897. The minimum Gasteiger partial charge on any atom is -0.488 e. The van der Waals surface area contributed by atoms with Crippen molar-refractivity contribution in [1.29, 1.82) is 0 Å². The van der Waals surface area contributed by atoms with E-state index in [-0.39, 0.29) is 0 Å². The molecule has 2 fully saturated rings. The van der Waals surface area contributed by atoms with Gasteiger partial charge in [-0.1, -0.05) is 6.42 Å². The van der Waals surface area contributed by atoms with E-state index in [1.807, 2.05) is 19.1 Å². The van der Waals surface area contributed by atoms with Gasteiger partial charge in [-0.25, -0.2) is 4.98 Å². The Morgan fingerprint density at radius 1 is 1.25 bits per heavy atom. The van der Waals surface area contributed by atoms with Crippen molar-refractivity contribution in [3.63, 3.8) is 0 Å². The molecule has 1 saturated carbocycles. The Hall–Kier alpha value is -1.29. The molecule has 3 rings (SSSR count). The van der Waals surface area contributed by atoms with E-state index in [2.05, 4.69) is 10.3 Å². The summed E-state index contributed by atoms with van der Waals surface area (Å²) in [6.45, 7) is 4.20. The van der Waals surface area contributed by atoms with Gasteiger partial charge in [-0.3, -0.25) is 0 Å². The number of nitrogens with zero attached hydrogens (tertiary/aromatic N) is 1. The standard InChI is InChI=1S/C16H24N2O2/c1-11-14(6-7-15(18-11)19-2)20-16(12-4-3-5-12)13-8-9-17-10-13/h6-7,12-13,16-17H,3-5,8-10H2,1-2H3/t13-,16?/m0/s1. The highest BCUT2D eigenvalue weighted by Gasteiger charge is 2.36. The van der Waals surface area contributed by atoms with Crippen LogP contribution in [-0.4, -0.2) is 31.3 Å². The highest BCUT2D eigenvalue weighted by Crippen LogP contribution is 2.37. The first-order valence-corrected chi connectivity index (χ1v) is 7.67. The average Bonchev–Trinajstić information content (AvgIpc) is 2.91. The molecule has 0 radical (unpaired) electrons. The van der Waals surface area contributed by atoms with Crippen LogP contribution in [0.25, 0.3) is 0 Å². The van der Waals surface area contributed by atoms with Crippen molar-refractivity contribution in [3.8, 4) is 11.6 Å². The van der Waals surface area contributed by atoms with Gasteiger partial charge in [-0.15, -0.1) is 0 Å². The maximum absolute atomic E-state index is 6.37. The van der Waals surface area contributed by atoms with Gasteiger partial charge in [-0.2, -0.15) is 0 Å². The van der Waals surface area contributed by atoms with Gasteiger partial charge in [0.05, 0.1) is 12.8 Å². The molecule has 1 saturated heterocycles. The zero-order chi connectivity index (χ0) is 13.9. The summed E-state index contributed by atoms with van der Waals surface area (Å²) in [6.07, 6.45) is 5.54. The molecule has 2 aliphatic rings. The second-order valence-corrected chi connectivity index (χ2v) is 5.96. The minimum absolute atomic E-state index is 0.340. The molecular formula is C16H24N2O2. The van der Waals surface area contributed by atoms with Crippen molar-refractivity contribution in [1.82, 2.24) is 10.3 Å². The number of methoxy groups -OCH3 is 1. The molecule has 110 valence electrons. The lowest BCUT2D eigenvalue weighted by atomic mass is 9.76. The number of hydrogen-bond donors (Lipinski definition) is 1. The molecule has 0 amide bonds. The maximum atomic E-state index is 6.37. The van der Waals surface area contributed by atoms with Gasteiger partial charge in [0.15, 0.2) is 0 Å². The van der Waals surface area contributed by atoms with Crippen LogP contribution in [0.5, 0.6) is 11.6 Å². The summed E-state index contributed by atoms with van der Waals surface area (Å²) in [7, 11) is 1.64. The summed E-state index contributed by atoms with van der Waals surface area (Å²) in [5.41, 5.74) is 0.916. The van der Waals surface area contributed by atoms with Crippen molar-refractivity contribution in [2.75, 3.05) is 20.2 Å². The molecule has 1 aliphatic carbocycles. The van der Waals surface area contributed by atoms with Crippen LogP contribution < -0.4 is 14.8 Å². The fourth-order valence-electron chi connectivity index (χ4n) is 3.21. The molecule has 2 heterocycles. The number of aromatic nitrogens is 1. The number of ether oxygens (including phenoxy) is 2. The average molecular weight is 276 g/mol. The van der Waals surface area contributed by atoms with Crippen LogP contribution in [0.4, 0.5) is 0 Å². The molecule has 2 atom stereocenters. The number of aryl methyl sites for hydroxylation is 1. The fraction of sp³-hybridized carbons (Fsp3) is 0.688. The number of nitrogens with one attached hydrogen (secondary N) is 1. The minimum atomic E-state index is 0.340. The van der Waals surface area contributed by atoms with Crippen LogP contribution in [0.3, 0.4) is 0 Å². The van der Waals surface area contributed by atoms with E-state index in [1.54, 1.807) is 7.11 Å². The summed E-state index contributed by atoms with van der Waals surface area (Å²) < 4.78 is 11.5. The molecule has 1 aliphatic heterocycles. The van der Waals surface area contributed by atoms with E-state index in [0.717, 1.165) is 30.5 Å². The molecule has 0 spiro atoms. The van der Waals surface area contributed by atoms with E-state index >= 15 is 0 Å². The lowest BCUT2D eigenvalue weighted by molar-refractivity contribution is 0.0412. The van der Waals surface area contributed by atoms with Gasteiger partial charge >= 0.3 is 0 Å². The highest BCUT2D eigenvalue weighted by atomic mass is 16.5. The summed E-state index contributed by atoms with van der Waals surface area (Å²) in [5, 5.41) is 3.46. The third-order valence-electron chi connectivity index (χ3n) is 4.66. The maximum Gasteiger partial charge on any atom is 0.213 e. The van der Waals surface area contributed by atoms with E-state index in [0.29, 0.717) is 17.9 Å². The second-order valence-electron chi connectivity index (χ2n) is 5.96. The summed E-state index contributed by atoms with van der Waals surface area (Å²) in [5.74, 6) is 2.93. The normalized spacial score (nSPS) is 24.2. The van der Waals surface area contributed by atoms with Gasteiger partial charge in [0, 0.05) is 18.5 Å². The summed E-state index contributed by atoms with van der Waals surface area (Å²) in [4.78, 5) is 4.41. The van der Waals surface area contributed by atoms with Crippen LogP contribution in [-0.2, 0) is 0 Å².